The molecule has 0 aliphatic carbocycles. The minimum absolute atomic E-state index is 0.0446. The van der Waals surface area contributed by atoms with E-state index in [9.17, 15) is 18.0 Å². The molecule has 1 N–H and O–H groups in total. The number of methoxy groups -OCH3 is 1. The fraction of sp³-hybridized carbons (Fsp3) is 0.263. The van der Waals surface area contributed by atoms with Crippen molar-refractivity contribution in [2.24, 2.45) is 0 Å². The minimum atomic E-state index is -3.92. The number of benzene rings is 2. The molecule has 0 bridgehead atoms. The molecule has 7 nitrogen and oxygen atoms in total. The molecule has 0 aliphatic heterocycles. The molecule has 0 heterocycles. The van der Waals surface area contributed by atoms with Crippen LogP contribution in [0.5, 0.6) is 5.75 Å². The van der Waals surface area contributed by atoms with Gasteiger partial charge in [0.05, 0.1) is 22.7 Å². The Hall–Kier alpha value is -2.13. The summed E-state index contributed by atoms with van der Waals surface area (Å²) >= 11 is 11.7. The van der Waals surface area contributed by atoms with Crippen LogP contribution >= 0.6 is 23.2 Å². The second-order valence-electron chi connectivity index (χ2n) is 6.27. The average Bonchev–Trinajstić information content (AvgIpc) is 2.66. The first kappa shape index (κ1) is 23.2. The molecule has 0 amide bonds. The Morgan fingerprint density at radius 3 is 2.28 bits per heavy atom. The molecule has 0 atom stereocenters. The zero-order chi connectivity index (χ0) is 21.8. The van der Waals surface area contributed by atoms with Gasteiger partial charge in [-0.1, -0.05) is 23.2 Å². The van der Waals surface area contributed by atoms with Gasteiger partial charge in [0.2, 0.25) is 10.0 Å². The Labute approximate surface area is 179 Å². The summed E-state index contributed by atoms with van der Waals surface area (Å²) in [6.07, 6.45) is 0. The van der Waals surface area contributed by atoms with Gasteiger partial charge in [-0.2, -0.15) is 0 Å². The molecule has 0 unspecified atom stereocenters. The molecule has 0 radical (unpaired) electrons. The van der Waals surface area contributed by atoms with E-state index in [1.165, 1.54) is 37.4 Å². The van der Waals surface area contributed by atoms with E-state index in [1.807, 2.05) is 0 Å². The normalized spacial score (nSPS) is 11.4. The lowest BCUT2D eigenvalue weighted by Gasteiger charge is -2.14. The number of nitrogens with one attached hydrogen (secondary N) is 1. The highest BCUT2D eigenvalue weighted by Crippen LogP contribution is 2.26. The predicted octanol–water partition coefficient (Wildman–Crippen LogP) is 3.73. The van der Waals surface area contributed by atoms with Crippen molar-refractivity contribution in [1.82, 2.24) is 4.72 Å². The number of ether oxygens (including phenoxy) is 2. The highest BCUT2D eigenvalue weighted by molar-refractivity contribution is 7.89. The molecule has 0 saturated carbocycles. The summed E-state index contributed by atoms with van der Waals surface area (Å²) in [5, 5.41) is 0.494. The smallest absolute Gasteiger partial charge is 0.338 e. The second kappa shape index (κ2) is 9.58. The van der Waals surface area contributed by atoms with Crippen molar-refractivity contribution in [3.63, 3.8) is 0 Å². The van der Waals surface area contributed by atoms with E-state index >= 15 is 0 Å². The Morgan fingerprint density at radius 2 is 1.69 bits per heavy atom. The Bertz CT molecular complexity index is 1040. The highest BCUT2D eigenvalue weighted by Gasteiger charge is 2.23. The van der Waals surface area contributed by atoms with Gasteiger partial charge in [0.1, 0.15) is 10.6 Å². The van der Waals surface area contributed by atoms with Crippen LogP contribution in [0.25, 0.3) is 0 Å². The standard InChI is InChI=1S/C19H19Cl2NO6S/c1-11(2)22-29(25,26)18-9-13(5-7-17(18)27-3)19(24)28-10-16(23)12-4-6-14(20)15(21)8-12/h4-9,11,22H,10H2,1-3H3. The predicted molar refractivity (Wildman–Crippen MR) is 110 cm³/mol. The largest absolute Gasteiger partial charge is 0.495 e. The van der Waals surface area contributed by atoms with Crippen LogP contribution in [0.3, 0.4) is 0 Å². The van der Waals surface area contributed by atoms with E-state index in [0.29, 0.717) is 5.02 Å². The summed E-state index contributed by atoms with van der Waals surface area (Å²) < 4.78 is 37.5. The van der Waals surface area contributed by atoms with Crippen molar-refractivity contribution in [1.29, 1.82) is 0 Å². The molecule has 2 aromatic carbocycles. The van der Waals surface area contributed by atoms with Gasteiger partial charge in [-0.05, 0) is 50.2 Å². The van der Waals surface area contributed by atoms with Crippen LogP contribution in [-0.2, 0) is 14.8 Å². The molecule has 10 heteroatoms. The Morgan fingerprint density at radius 1 is 1.03 bits per heavy atom. The monoisotopic (exact) mass is 459 g/mol. The molecule has 0 spiro atoms. The number of carbonyl (C=O) groups is 2. The lowest BCUT2D eigenvalue weighted by Crippen LogP contribution is -2.30. The van der Waals surface area contributed by atoms with E-state index in [0.717, 1.165) is 6.07 Å². The third-order valence-electron chi connectivity index (χ3n) is 3.66. The van der Waals surface area contributed by atoms with Crippen LogP contribution in [0, 0.1) is 0 Å². The highest BCUT2D eigenvalue weighted by atomic mass is 35.5. The summed E-state index contributed by atoms with van der Waals surface area (Å²) in [6.45, 7) is 2.78. The van der Waals surface area contributed by atoms with Gasteiger partial charge in [-0.3, -0.25) is 4.79 Å². The van der Waals surface area contributed by atoms with Crippen molar-refractivity contribution in [2.75, 3.05) is 13.7 Å². The number of esters is 1. The first-order valence-corrected chi connectivity index (χ1v) is 10.6. The summed E-state index contributed by atoms with van der Waals surface area (Å²) in [4.78, 5) is 24.3. The number of hydrogen-bond donors (Lipinski definition) is 1. The Balaban J connectivity index is 2.19. The van der Waals surface area contributed by atoms with Crippen molar-refractivity contribution in [3.05, 3.63) is 57.6 Å². The third kappa shape index (κ3) is 5.93. The number of Topliss-reactive ketones (excluding diaryl/α,β-unsaturated/α-hetero) is 1. The van der Waals surface area contributed by atoms with Crippen LogP contribution in [0.4, 0.5) is 0 Å². The maximum absolute atomic E-state index is 12.5. The molecule has 0 aliphatic rings. The quantitative estimate of drug-likeness (QED) is 0.476. The first-order valence-electron chi connectivity index (χ1n) is 8.41. The molecule has 0 saturated heterocycles. The molecule has 29 heavy (non-hydrogen) atoms. The minimum Gasteiger partial charge on any atom is -0.495 e. The molecular formula is C19H19Cl2NO6S. The van der Waals surface area contributed by atoms with E-state index in [4.69, 9.17) is 32.7 Å². The van der Waals surface area contributed by atoms with Crippen molar-refractivity contribution in [2.45, 2.75) is 24.8 Å². The van der Waals surface area contributed by atoms with Gasteiger partial charge in [0.25, 0.3) is 0 Å². The lowest BCUT2D eigenvalue weighted by molar-refractivity contribution is 0.0474. The fourth-order valence-corrected chi connectivity index (χ4v) is 4.10. The van der Waals surface area contributed by atoms with Crippen molar-refractivity contribution >= 4 is 45.0 Å². The molecule has 156 valence electrons. The molecule has 0 aromatic heterocycles. The van der Waals surface area contributed by atoms with Gasteiger partial charge in [-0.25, -0.2) is 17.9 Å². The average molecular weight is 460 g/mol. The zero-order valence-electron chi connectivity index (χ0n) is 15.9. The lowest BCUT2D eigenvalue weighted by atomic mass is 10.1. The van der Waals surface area contributed by atoms with Crippen molar-refractivity contribution < 1.29 is 27.5 Å². The fourth-order valence-electron chi connectivity index (χ4n) is 2.35. The van der Waals surface area contributed by atoms with Crippen LogP contribution in [0.1, 0.15) is 34.6 Å². The SMILES string of the molecule is COc1ccc(C(=O)OCC(=O)c2ccc(Cl)c(Cl)c2)cc1S(=O)(=O)NC(C)C. The maximum atomic E-state index is 12.5. The summed E-state index contributed by atoms with van der Waals surface area (Å²) in [6, 6.07) is 7.75. The topological polar surface area (TPSA) is 98.8 Å². The molecule has 2 rings (SSSR count). The van der Waals surface area contributed by atoms with Crippen LogP contribution < -0.4 is 9.46 Å². The summed E-state index contributed by atoms with van der Waals surface area (Å²) in [5.74, 6) is -1.27. The number of ketones is 1. The van der Waals surface area contributed by atoms with Gasteiger partial charge in [0, 0.05) is 11.6 Å². The van der Waals surface area contributed by atoms with Gasteiger partial charge in [-0.15, -0.1) is 0 Å². The second-order valence-corrected chi connectivity index (χ2v) is 8.77. The maximum Gasteiger partial charge on any atom is 0.338 e. The van der Waals surface area contributed by atoms with E-state index < -0.39 is 28.4 Å². The van der Waals surface area contributed by atoms with E-state index in [-0.39, 0.29) is 32.8 Å². The summed E-state index contributed by atoms with van der Waals surface area (Å²) in [5.41, 5.74) is 0.184. The third-order valence-corrected chi connectivity index (χ3v) is 6.07. The van der Waals surface area contributed by atoms with Crippen LogP contribution in [0.2, 0.25) is 10.0 Å². The number of sulfonamides is 1. The van der Waals surface area contributed by atoms with Crippen molar-refractivity contribution in [3.8, 4) is 5.75 Å². The Kier molecular flexibility index (Phi) is 7.65. The zero-order valence-corrected chi connectivity index (χ0v) is 18.2. The van der Waals surface area contributed by atoms with E-state index in [1.54, 1.807) is 13.8 Å². The number of rotatable bonds is 8. The number of hydrogen-bond acceptors (Lipinski definition) is 6. The van der Waals surface area contributed by atoms with E-state index in [2.05, 4.69) is 4.72 Å². The molecule has 0 fully saturated rings. The number of carbonyl (C=O) groups excluding carboxylic acids is 2. The van der Waals surface area contributed by atoms with Gasteiger partial charge < -0.3 is 9.47 Å². The van der Waals surface area contributed by atoms with Gasteiger partial charge >= 0.3 is 5.97 Å². The van der Waals surface area contributed by atoms with Gasteiger partial charge in [0.15, 0.2) is 12.4 Å². The molecule has 2 aromatic rings. The van der Waals surface area contributed by atoms with Crippen LogP contribution in [-0.4, -0.2) is 39.9 Å². The van der Waals surface area contributed by atoms with Crippen LogP contribution in [0.15, 0.2) is 41.3 Å². The molecular weight excluding hydrogens is 441 g/mol. The first-order chi connectivity index (χ1) is 13.5. The number of halogens is 2. The summed E-state index contributed by atoms with van der Waals surface area (Å²) in [7, 11) is -2.60.